The van der Waals surface area contributed by atoms with Gasteiger partial charge in [0.05, 0.1) is 0 Å². The van der Waals surface area contributed by atoms with Gasteiger partial charge < -0.3 is 20.1 Å². The summed E-state index contributed by atoms with van der Waals surface area (Å²) in [5.74, 6) is -0.849. The van der Waals surface area contributed by atoms with E-state index in [1.807, 2.05) is 24.3 Å². The first-order valence-electron chi connectivity index (χ1n) is 12.6. The number of carboxylic acids is 1. The number of carboxylic acid groups (broad SMARTS) is 1. The number of fused-ring (bicyclic) bond motifs is 4. The lowest BCUT2D eigenvalue weighted by atomic mass is 9.73. The molecule has 2 saturated carbocycles. The van der Waals surface area contributed by atoms with E-state index in [-0.39, 0.29) is 30.3 Å². The maximum Gasteiger partial charge on any atom is 0.407 e. The third kappa shape index (κ3) is 3.51. The maximum atomic E-state index is 13.3. The molecule has 35 heavy (non-hydrogen) atoms. The van der Waals surface area contributed by atoms with Crippen LogP contribution in [0.1, 0.15) is 49.1 Å². The van der Waals surface area contributed by atoms with E-state index in [0.29, 0.717) is 31.8 Å². The highest BCUT2D eigenvalue weighted by molar-refractivity contribution is 5.90. The Morgan fingerprint density at radius 2 is 1.66 bits per heavy atom. The summed E-state index contributed by atoms with van der Waals surface area (Å²) in [6.07, 6.45) is 3.16. The summed E-state index contributed by atoms with van der Waals surface area (Å²) in [6.45, 7) is 1.17. The molecule has 2 aromatic rings. The fraction of sp³-hybridized carbons (Fsp3) is 0.464. The van der Waals surface area contributed by atoms with E-state index in [9.17, 15) is 19.5 Å². The number of nitrogens with one attached hydrogen (secondary N) is 1. The minimum Gasteiger partial charge on any atom is -0.479 e. The smallest absolute Gasteiger partial charge is 0.407 e. The Bertz CT molecular complexity index is 1140. The first-order valence-corrected chi connectivity index (χ1v) is 12.6. The summed E-state index contributed by atoms with van der Waals surface area (Å²) in [5.41, 5.74) is 3.71. The fourth-order valence-electron chi connectivity index (χ4n) is 6.94. The predicted molar refractivity (Wildman–Crippen MR) is 129 cm³/mol. The van der Waals surface area contributed by atoms with E-state index in [0.717, 1.165) is 19.3 Å². The van der Waals surface area contributed by atoms with Crippen molar-refractivity contribution in [3.63, 3.8) is 0 Å². The molecule has 0 radical (unpaired) electrons. The summed E-state index contributed by atoms with van der Waals surface area (Å²) in [4.78, 5) is 39.4. The molecular formula is C28H30N2O5. The summed E-state index contributed by atoms with van der Waals surface area (Å²) in [5, 5.41) is 12.6. The minimum absolute atomic E-state index is 0.00261. The lowest BCUT2D eigenvalue weighted by Gasteiger charge is -2.39. The van der Waals surface area contributed by atoms with E-state index >= 15 is 0 Å². The van der Waals surface area contributed by atoms with Crippen molar-refractivity contribution >= 4 is 18.0 Å². The van der Waals surface area contributed by atoms with Crippen LogP contribution in [-0.4, -0.2) is 53.2 Å². The van der Waals surface area contributed by atoms with E-state index in [4.69, 9.17) is 4.74 Å². The summed E-state index contributed by atoms with van der Waals surface area (Å²) in [6, 6.07) is 16.4. The van der Waals surface area contributed by atoms with Crippen LogP contribution < -0.4 is 5.32 Å². The first kappa shape index (κ1) is 22.1. The van der Waals surface area contributed by atoms with Gasteiger partial charge in [0.2, 0.25) is 5.91 Å². The third-order valence-electron chi connectivity index (χ3n) is 8.70. The SMILES string of the molecule is O=C(NC[C@@H]1CCC[C@@H]1C(=O)N1CC2CC1(C(=O)O)C2)OCC1c2ccccc2-c2ccccc21. The van der Waals surface area contributed by atoms with Gasteiger partial charge in [0, 0.05) is 24.9 Å². The van der Waals surface area contributed by atoms with Crippen LogP contribution in [0.15, 0.2) is 48.5 Å². The number of nitrogens with zero attached hydrogens (tertiary/aromatic N) is 1. The number of alkyl carbamates (subject to hydrolysis) is 1. The van der Waals surface area contributed by atoms with Crippen molar-refractivity contribution in [2.75, 3.05) is 19.7 Å². The molecule has 5 aliphatic rings. The molecule has 0 spiro atoms. The first-order chi connectivity index (χ1) is 17.0. The van der Waals surface area contributed by atoms with E-state index in [2.05, 4.69) is 29.6 Å². The molecule has 7 heteroatoms. The molecular weight excluding hydrogens is 444 g/mol. The Morgan fingerprint density at radius 1 is 1.00 bits per heavy atom. The van der Waals surface area contributed by atoms with Crippen LogP contribution in [-0.2, 0) is 14.3 Å². The standard InChI is InChI=1S/C28H30N2O5/c31-25(30-15-17-12-28(30,13-17)26(32)33)19-11-5-6-18(19)14-29-27(34)35-16-24-22-9-3-1-7-20(22)21-8-2-4-10-23(21)24/h1-4,7-10,17-19,24H,5-6,11-16H2,(H,29,34)(H,32,33)/t17?,18-,19-,28?/m0/s1. The average Bonchev–Trinajstić information content (AvgIpc) is 3.61. The van der Waals surface area contributed by atoms with Gasteiger partial charge >= 0.3 is 12.1 Å². The Morgan fingerprint density at radius 3 is 2.31 bits per heavy atom. The van der Waals surface area contributed by atoms with Crippen LogP contribution in [0.5, 0.6) is 0 Å². The Hall–Kier alpha value is -3.35. The maximum absolute atomic E-state index is 13.3. The van der Waals surface area contributed by atoms with Crippen LogP contribution in [0.25, 0.3) is 11.1 Å². The zero-order chi connectivity index (χ0) is 24.2. The van der Waals surface area contributed by atoms with Gasteiger partial charge in [0.25, 0.3) is 0 Å². The molecule has 2 bridgehead atoms. The van der Waals surface area contributed by atoms with Crippen molar-refractivity contribution in [1.82, 2.24) is 10.2 Å². The molecule has 0 unspecified atom stereocenters. The van der Waals surface area contributed by atoms with E-state index < -0.39 is 17.6 Å². The number of ether oxygens (including phenoxy) is 1. The van der Waals surface area contributed by atoms with Gasteiger partial charge in [0.15, 0.2) is 0 Å². The van der Waals surface area contributed by atoms with Crippen LogP contribution in [0.3, 0.4) is 0 Å². The lowest BCUT2D eigenvalue weighted by molar-refractivity contribution is -0.160. The number of hydrogen-bond acceptors (Lipinski definition) is 4. The van der Waals surface area contributed by atoms with Crippen LogP contribution in [0, 0.1) is 17.8 Å². The summed E-state index contributed by atoms with van der Waals surface area (Å²) in [7, 11) is 0. The zero-order valence-electron chi connectivity index (χ0n) is 19.6. The van der Waals surface area contributed by atoms with E-state index in [1.165, 1.54) is 22.3 Å². The Kier molecular flexibility index (Phi) is 5.31. The van der Waals surface area contributed by atoms with Crippen LogP contribution >= 0.6 is 0 Å². The second kappa shape index (κ2) is 8.40. The number of amides is 2. The number of aliphatic carboxylic acids is 1. The van der Waals surface area contributed by atoms with Gasteiger partial charge in [-0.3, -0.25) is 4.79 Å². The Labute approximate surface area is 204 Å². The molecule has 2 aliphatic heterocycles. The average molecular weight is 475 g/mol. The van der Waals surface area contributed by atoms with Gasteiger partial charge in [-0.05, 0) is 59.8 Å². The molecule has 2 aromatic carbocycles. The van der Waals surface area contributed by atoms with Gasteiger partial charge in [0.1, 0.15) is 12.1 Å². The topological polar surface area (TPSA) is 95.9 Å². The van der Waals surface area contributed by atoms with Crippen LogP contribution in [0.2, 0.25) is 0 Å². The highest BCUT2D eigenvalue weighted by Crippen LogP contribution is 2.52. The van der Waals surface area contributed by atoms with Crippen LogP contribution in [0.4, 0.5) is 4.79 Å². The molecule has 4 fully saturated rings. The fourth-order valence-corrected chi connectivity index (χ4v) is 6.94. The Balaban J connectivity index is 1.06. The normalized spacial score (nSPS) is 28.2. The molecule has 182 valence electrons. The molecule has 0 aromatic heterocycles. The third-order valence-corrected chi connectivity index (χ3v) is 8.70. The molecule has 7 rings (SSSR count). The number of carbonyl (C=O) groups is 3. The molecule has 3 aliphatic carbocycles. The quantitative estimate of drug-likeness (QED) is 0.659. The zero-order valence-corrected chi connectivity index (χ0v) is 19.6. The largest absolute Gasteiger partial charge is 0.479 e. The monoisotopic (exact) mass is 474 g/mol. The summed E-state index contributed by atoms with van der Waals surface area (Å²) >= 11 is 0. The van der Waals surface area contributed by atoms with Crippen molar-refractivity contribution in [2.24, 2.45) is 17.8 Å². The molecule has 2 amide bonds. The molecule has 2 saturated heterocycles. The highest BCUT2D eigenvalue weighted by Gasteiger charge is 2.63. The van der Waals surface area contributed by atoms with Gasteiger partial charge in [-0.15, -0.1) is 0 Å². The molecule has 2 heterocycles. The highest BCUT2D eigenvalue weighted by atomic mass is 16.5. The van der Waals surface area contributed by atoms with Crippen molar-refractivity contribution in [3.8, 4) is 11.1 Å². The molecule has 2 atom stereocenters. The number of carbonyl (C=O) groups excluding carboxylic acids is 2. The van der Waals surface area contributed by atoms with E-state index in [1.54, 1.807) is 4.90 Å². The number of benzene rings is 2. The van der Waals surface area contributed by atoms with Gasteiger partial charge in [-0.2, -0.15) is 0 Å². The second-order valence-corrected chi connectivity index (χ2v) is 10.6. The predicted octanol–water partition coefficient (Wildman–Crippen LogP) is 4.02. The molecule has 2 N–H and O–H groups in total. The molecule has 7 nitrogen and oxygen atoms in total. The van der Waals surface area contributed by atoms with Crippen molar-refractivity contribution in [3.05, 3.63) is 59.7 Å². The number of rotatable bonds is 6. The van der Waals surface area contributed by atoms with Crippen molar-refractivity contribution in [1.29, 1.82) is 0 Å². The van der Waals surface area contributed by atoms with Gasteiger partial charge in [-0.1, -0.05) is 55.0 Å². The minimum atomic E-state index is -0.991. The van der Waals surface area contributed by atoms with Crippen molar-refractivity contribution < 1.29 is 24.2 Å². The lowest BCUT2D eigenvalue weighted by Crippen LogP contribution is -2.56. The number of hydrogen-bond donors (Lipinski definition) is 2. The second-order valence-electron chi connectivity index (χ2n) is 10.6. The van der Waals surface area contributed by atoms with Crippen molar-refractivity contribution in [2.45, 2.75) is 43.6 Å². The summed E-state index contributed by atoms with van der Waals surface area (Å²) < 4.78 is 5.64. The van der Waals surface area contributed by atoms with Gasteiger partial charge in [-0.25, -0.2) is 9.59 Å².